The van der Waals surface area contributed by atoms with Gasteiger partial charge in [0.2, 0.25) is 15.9 Å². The number of likely N-dealkylation sites (tertiary alicyclic amines) is 1. The molecule has 0 bridgehead atoms. The summed E-state index contributed by atoms with van der Waals surface area (Å²) in [5, 5.41) is 2.94. The van der Waals surface area contributed by atoms with Crippen LogP contribution in [0.15, 0.2) is 82.7 Å². The van der Waals surface area contributed by atoms with Gasteiger partial charge in [-0.05, 0) is 79.4 Å². The largest absolute Gasteiger partial charge is 0.325 e. The summed E-state index contributed by atoms with van der Waals surface area (Å²) in [6.07, 6.45) is 4.20. The first-order chi connectivity index (χ1) is 18.9. The lowest BCUT2D eigenvalue weighted by atomic mass is 9.90. The van der Waals surface area contributed by atoms with Gasteiger partial charge in [-0.15, -0.1) is 0 Å². The number of anilines is 1. The number of unbranched alkanes of at least 4 members (excludes halogenated alkanes) is 1. The zero-order chi connectivity index (χ0) is 27.4. The Morgan fingerprint density at radius 3 is 2.44 bits per heavy atom. The fourth-order valence-corrected chi connectivity index (χ4v) is 6.52. The minimum absolute atomic E-state index is 0.181. The van der Waals surface area contributed by atoms with Gasteiger partial charge in [-0.3, -0.25) is 14.7 Å². The number of hydrogen-bond donors (Lipinski definition) is 1. The van der Waals surface area contributed by atoms with Crippen molar-refractivity contribution in [2.75, 3.05) is 32.0 Å². The predicted molar refractivity (Wildman–Crippen MR) is 156 cm³/mol. The van der Waals surface area contributed by atoms with E-state index in [1.54, 1.807) is 25.2 Å². The van der Waals surface area contributed by atoms with Crippen molar-refractivity contribution in [3.05, 3.63) is 89.5 Å². The van der Waals surface area contributed by atoms with Gasteiger partial charge in [0.05, 0.1) is 16.3 Å². The molecule has 0 radical (unpaired) electrons. The van der Waals surface area contributed by atoms with E-state index < -0.39 is 15.9 Å². The molecule has 5 rings (SSSR count). The summed E-state index contributed by atoms with van der Waals surface area (Å²) >= 11 is 0. The first-order valence-corrected chi connectivity index (χ1v) is 15.2. The maximum atomic E-state index is 13.4. The van der Waals surface area contributed by atoms with Gasteiger partial charge in [0.25, 0.3) is 0 Å². The highest BCUT2D eigenvalue weighted by Crippen LogP contribution is 2.38. The average molecular weight is 545 g/mol. The Balaban J connectivity index is 1.51. The van der Waals surface area contributed by atoms with Gasteiger partial charge in [-0.2, -0.15) is 0 Å². The van der Waals surface area contributed by atoms with Gasteiger partial charge in [-0.1, -0.05) is 55.8 Å². The third kappa shape index (κ3) is 5.98. The van der Waals surface area contributed by atoms with Gasteiger partial charge in [-0.25, -0.2) is 12.7 Å². The molecular weight excluding hydrogens is 508 g/mol. The normalized spacial score (nSPS) is 18.0. The molecule has 0 aliphatic carbocycles. The molecule has 7 nitrogen and oxygen atoms in total. The second-order valence-corrected chi connectivity index (χ2v) is 12.4. The van der Waals surface area contributed by atoms with E-state index in [9.17, 15) is 13.2 Å². The molecular formula is C31H36N4O3S. The van der Waals surface area contributed by atoms with Crippen LogP contribution < -0.4 is 5.32 Å². The lowest BCUT2D eigenvalue weighted by Crippen LogP contribution is -2.28. The first kappa shape index (κ1) is 27.2. The highest BCUT2D eigenvalue weighted by Gasteiger charge is 2.37. The molecule has 2 heterocycles. The number of benzene rings is 3. The van der Waals surface area contributed by atoms with Crippen LogP contribution >= 0.6 is 0 Å². The molecule has 0 spiro atoms. The summed E-state index contributed by atoms with van der Waals surface area (Å²) in [6, 6.07) is 22.7. The summed E-state index contributed by atoms with van der Waals surface area (Å²) in [7, 11) is -2.09. The monoisotopic (exact) mass is 544 g/mol. The molecule has 1 atom stereocenters. The predicted octanol–water partition coefficient (Wildman–Crippen LogP) is 5.56. The lowest BCUT2D eigenvalue weighted by molar-refractivity contribution is -0.115. The van der Waals surface area contributed by atoms with E-state index in [4.69, 9.17) is 4.99 Å². The van der Waals surface area contributed by atoms with Crippen LogP contribution in [0.4, 0.5) is 11.4 Å². The van der Waals surface area contributed by atoms with Crippen molar-refractivity contribution in [2.45, 2.75) is 50.0 Å². The molecule has 1 fully saturated rings. The molecule has 8 heteroatoms. The molecule has 0 aromatic heterocycles. The standard InChI is InChI=1S/C31H36N4O3S/c1-3-4-18-34(2)39(37,38)26-16-17-28-27(21-26)29(31(36)33-28)30(24-10-6-5-7-11-24)32-25-14-12-23(13-15-25)22-35-19-8-9-20-35/h5-7,10-17,21,29H,3-4,8-9,18-20,22H2,1-2H3,(H,33,36). The van der Waals surface area contributed by atoms with Crippen LogP contribution in [-0.4, -0.2) is 55.9 Å². The van der Waals surface area contributed by atoms with E-state index in [1.807, 2.05) is 49.4 Å². The minimum atomic E-state index is -3.69. The molecule has 1 N–H and O–H groups in total. The number of nitrogens with zero attached hydrogens (tertiary/aromatic N) is 3. The maximum Gasteiger partial charge on any atom is 0.242 e. The number of amides is 1. The molecule has 1 saturated heterocycles. The number of carbonyl (C=O) groups excluding carboxylic acids is 1. The van der Waals surface area contributed by atoms with E-state index in [0.717, 1.165) is 43.7 Å². The van der Waals surface area contributed by atoms with Crippen molar-refractivity contribution in [3.63, 3.8) is 0 Å². The number of rotatable bonds is 10. The molecule has 3 aromatic rings. The highest BCUT2D eigenvalue weighted by molar-refractivity contribution is 7.89. The SMILES string of the molecule is CCCCN(C)S(=O)(=O)c1ccc2c(c1)C(C(=Nc1ccc(CN3CCCC3)cc1)c1ccccc1)C(=O)N2. The second-order valence-electron chi connectivity index (χ2n) is 10.4. The van der Waals surface area contributed by atoms with Crippen LogP contribution in [0.1, 0.15) is 55.2 Å². The summed E-state index contributed by atoms with van der Waals surface area (Å²) in [5.74, 6) is -0.949. The zero-order valence-corrected chi connectivity index (χ0v) is 23.5. The Hall–Kier alpha value is -3.33. The van der Waals surface area contributed by atoms with Crippen molar-refractivity contribution >= 4 is 33.0 Å². The number of carbonyl (C=O) groups is 1. The average Bonchev–Trinajstić information content (AvgIpc) is 3.58. The number of sulfonamides is 1. The van der Waals surface area contributed by atoms with Crippen molar-refractivity contribution < 1.29 is 13.2 Å². The quantitative estimate of drug-likeness (QED) is 0.339. The van der Waals surface area contributed by atoms with Crippen LogP contribution in [0.25, 0.3) is 0 Å². The van der Waals surface area contributed by atoms with Crippen LogP contribution in [0.5, 0.6) is 0 Å². The van der Waals surface area contributed by atoms with Gasteiger partial charge in [0.1, 0.15) is 5.92 Å². The molecule has 204 valence electrons. The molecule has 2 aliphatic rings. The maximum absolute atomic E-state index is 13.4. The van der Waals surface area contributed by atoms with Crippen molar-refractivity contribution in [2.24, 2.45) is 4.99 Å². The topological polar surface area (TPSA) is 82.1 Å². The van der Waals surface area contributed by atoms with E-state index >= 15 is 0 Å². The van der Waals surface area contributed by atoms with Crippen molar-refractivity contribution in [3.8, 4) is 0 Å². The fraction of sp³-hybridized carbons (Fsp3) is 0.355. The van der Waals surface area contributed by atoms with E-state index in [-0.39, 0.29) is 10.8 Å². The number of fused-ring (bicyclic) bond motifs is 1. The van der Waals surface area contributed by atoms with Crippen LogP contribution in [0.2, 0.25) is 0 Å². The van der Waals surface area contributed by atoms with Crippen LogP contribution in [0.3, 0.4) is 0 Å². The minimum Gasteiger partial charge on any atom is -0.325 e. The Morgan fingerprint density at radius 1 is 1.03 bits per heavy atom. The van der Waals surface area contributed by atoms with Gasteiger partial charge < -0.3 is 5.32 Å². The molecule has 2 aliphatic heterocycles. The lowest BCUT2D eigenvalue weighted by Gasteiger charge is -2.18. The third-order valence-electron chi connectivity index (χ3n) is 7.52. The fourth-order valence-electron chi connectivity index (χ4n) is 5.27. The second kappa shape index (κ2) is 11.8. The first-order valence-electron chi connectivity index (χ1n) is 13.7. The Bertz CT molecular complexity index is 1450. The number of hydrogen-bond acceptors (Lipinski definition) is 5. The molecule has 0 saturated carbocycles. The Morgan fingerprint density at radius 2 is 1.74 bits per heavy atom. The number of nitrogens with one attached hydrogen (secondary N) is 1. The Kier molecular flexibility index (Phi) is 8.26. The summed E-state index contributed by atoms with van der Waals surface area (Å²) in [6.45, 7) is 5.68. The number of aliphatic imine (C=N–C) groups is 1. The summed E-state index contributed by atoms with van der Waals surface area (Å²) in [5.41, 5.74) is 4.64. The van der Waals surface area contributed by atoms with E-state index in [0.29, 0.717) is 23.5 Å². The van der Waals surface area contributed by atoms with E-state index in [1.165, 1.54) is 22.7 Å². The molecule has 39 heavy (non-hydrogen) atoms. The van der Waals surface area contributed by atoms with Crippen LogP contribution in [0, 0.1) is 0 Å². The van der Waals surface area contributed by atoms with Gasteiger partial charge in [0, 0.05) is 25.8 Å². The van der Waals surface area contributed by atoms with Gasteiger partial charge in [0.15, 0.2) is 0 Å². The highest BCUT2D eigenvalue weighted by atomic mass is 32.2. The van der Waals surface area contributed by atoms with Gasteiger partial charge >= 0.3 is 0 Å². The Labute approximate surface area is 231 Å². The zero-order valence-electron chi connectivity index (χ0n) is 22.6. The van der Waals surface area contributed by atoms with Crippen molar-refractivity contribution in [1.29, 1.82) is 0 Å². The third-order valence-corrected chi connectivity index (χ3v) is 9.38. The molecule has 3 aromatic carbocycles. The molecule has 1 unspecified atom stereocenters. The van der Waals surface area contributed by atoms with Crippen LogP contribution in [-0.2, 0) is 21.4 Å². The molecule has 1 amide bonds. The smallest absolute Gasteiger partial charge is 0.242 e. The summed E-state index contributed by atoms with van der Waals surface area (Å²) in [4.78, 5) is 21.0. The van der Waals surface area contributed by atoms with E-state index in [2.05, 4.69) is 22.3 Å². The summed E-state index contributed by atoms with van der Waals surface area (Å²) < 4.78 is 28.0. The van der Waals surface area contributed by atoms with Crippen molar-refractivity contribution in [1.82, 2.24) is 9.21 Å².